The summed E-state index contributed by atoms with van der Waals surface area (Å²) in [7, 11) is 0. The van der Waals surface area contributed by atoms with Crippen LogP contribution in [-0.4, -0.2) is 21.7 Å². The molecule has 0 saturated heterocycles. The van der Waals surface area contributed by atoms with Crippen molar-refractivity contribution in [1.29, 1.82) is 0 Å². The molecule has 0 aliphatic carbocycles. The highest BCUT2D eigenvalue weighted by atomic mass is 15.2. The number of anilines is 6. The van der Waals surface area contributed by atoms with Gasteiger partial charge in [-0.2, -0.15) is 0 Å². The van der Waals surface area contributed by atoms with Crippen LogP contribution in [0.1, 0.15) is 158 Å². The van der Waals surface area contributed by atoms with E-state index in [-0.39, 0.29) is 39.2 Å². The summed E-state index contributed by atoms with van der Waals surface area (Å²) in [5.41, 5.74) is 19.4. The second kappa shape index (κ2) is 14.7. The number of aromatic nitrogens is 3. The minimum atomic E-state index is -0.0695. The van der Waals surface area contributed by atoms with Crippen molar-refractivity contribution in [2.24, 2.45) is 0 Å². The first-order valence-corrected chi connectivity index (χ1v) is 23.0. The van der Waals surface area contributed by atoms with Crippen LogP contribution in [0.4, 0.5) is 34.1 Å². The molecule has 0 N–H and O–H groups in total. The maximum atomic E-state index is 4.81. The minimum Gasteiger partial charge on any atom is -0.311 e. The lowest BCUT2D eigenvalue weighted by Gasteiger charge is -2.45. The van der Waals surface area contributed by atoms with Gasteiger partial charge in [-0.05, 0) is 131 Å². The van der Waals surface area contributed by atoms with Crippen LogP contribution in [-0.2, 0) is 32.5 Å². The third kappa shape index (κ3) is 8.13. The van der Waals surface area contributed by atoms with E-state index < -0.39 is 0 Å². The molecule has 0 saturated carbocycles. The Morgan fingerprint density at radius 1 is 0.365 bits per heavy atom. The number of fused-ring (bicyclic) bond motifs is 4. The lowest BCUT2D eigenvalue weighted by Crippen LogP contribution is -2.61. The molecule has 6 aromatic rings. The van der Waals surface area contributed by atoms with Gasteiger partial charge in [-0.3, -0.25) is 0 Å². The third-order valence-electron chi connectivity index (χ3n) is 13.4. The standard InChI is InChI=1S/C57H70BN5/c1-52(2,3)36-19-21-44-46(31-36)62(42-27-38(54(7,8)9)25-39(28-42)55(10,11)12)48-23-35(51-60-33-59-34-61-51)24-49-50(48)58(44)45-22-20-37(53(4,5)6)32-47(45)63(49)43-29-40(56(13,14)15)26-41(30-43)57(16,17)18/h19-34H,1-18H3. The first kappa shape index (κ1) is 44.4. The average molecular weight is 836 g/mol. The van der Waals surface area contributed by atoms with Crippen molar-refractivity contribution in [3.63, 3.8) is 0 Å². The Kier molecular flexibility index (Phi) is 10.3. The predicted molar refractivity (Wildman–Crippen MR) is 271 cm³/mol. The van der Waals surface area contributed by atoms with Gasteiger partial charge in [0.2, 0.25) is 0 Å². The van der Waals surface area contributed by atoms with Gasteiger partial charge in [0.15, 0.2) is 5.82 Å². The highest BCUT2D eigenvalue weighted by Gasteiger charge is 2.45. The first-order chi connectivity index (χ1) is 29.0. The lowest BCUT2D eigenvalue weighted by molar-refractivity contribution is 0.568. The highest BCUT2D eigenvalue weighted by molar-refractivity contribution is 7.00. The Bertz CT molecular complexity index is 2510. The molecule has 8 rings (SSSR count). The predicted octanol–water partition coefficient (Wildman–Crippen LogP) is 13.4. The van der Waals surface area contributed by atoms with E-state index in [4.69, 9.17) is 9.97 Å². The van der Waals surface area contributed by atoms with Gasteiger partial charge in [-0.1, -0.05) is 161 Å². The lowest BCUT2D eigenvalue weighted by atomic mass is 9.33. The Labute approximate surface area is 379 Å². The number of hydrogen-bond donors (Lipinski definition) is 0. The van der Waals surface area contributed by atoms with E-state index in [1.807, 2.05) is 0 Å². The normalized spacial score (nSPS) is 14.4. The van der Waals surface area contributed by atoms with Crippen LogP contribution in [0.25, 0.3) is 11.4 Å². The average Bonchev–Trinajstić information content (AvgIpc) is 3.18. The molecule has 0 unspecified atom stereocenters. The van der Waals surface area contributed by atoms with Gasteiger partial charge in [0.1, 0.15) is 12.7 Å². The van der Waals surface area contributed by atoms with Crippen LogP contribution in [0.15, 0.2) is 97.6 Å². The van der Waals surface area contributed by atoms with E-state index in [1.54, 1.807) is 12.7 Å². The fourth-order valence-electron chi connectivity index (χ4n) is 9.21. The molecule has 3 heterocycles. The molecule has 2 aliphatic heterocycles. The van der Waals surface area contributed by atoms with Crippen LogP contribution in [0, 0.1) is 0 Å². The summed E-state index contributed by atoms with van der Waals surface area (Å²) >= 11 is 0. The third-order valence-corrected chi connectivity index (χ3v) is 13.4. The molecule has 0 bridgehead atoms. The van der Waals surface area contributed by atoms with Crippen molar-refractivity contribution in [2.45, 2.75) is 157 Å². The maximum absolute atomic E-state index is 4.81. The van der Waals surface area contributed by atoms with E-state index >= 15 is 0 Å². The van der Waals surface area contributed by atoms with E-state index in [0.717, 1.165) is 16.9 Å². The number of nitrogens with zero attached hydrogens (tertiary/aromatic N) is 5. The molecule has 0 atom stereocenters. The molecule has 326 valence electrons. The first-order valence-electron chi connectivity index (χ1n) is 23.0. The summed E-state index contributed by atoms with van der Waals surface area (Å²) in [5.74, 6) is 0.654. The van der Waals surface area contributed by atoms with Crippen molar-refractivity contribution >= 4 is 57.2 Å². The van der Waals surface area contributed by atoms with Crippen LogP contribution in [0.5, 0.6) is 0 Å². The van der Waals surface area contributed by atoms with Gasteiger partial charge in [-0.25, -0.2) is 15.0 Å². The quantitative estimate of drug-likeness (QED) is 0.166. The number of rotatable bonds is 3. The van der Waals surface area contributed by atoms with Gasteiger partial charge < -0.3 is 9.80 Å². The molecule has 0 amide bonds. The van der Waals surface area contributed by atoms with E-state index in [9.17, 15) is 0 Å². The van der Waals surface area contributed by atoms with Crippen molar-refractivity contribution in [2.75, 3.05) is 9.80 Å². The van der Waals surface area contributed by atoms with E-state index in [0.29, 0.717) is 5.82 Å². The van der Waals surface area contributed by atoms with Gasteiger partial charge >= 0.3 is 0 Å². The molecule has 2 aliphatic rings. The Morgan fingerprint density at radius 2 is 0.698 bits per heavy atom. The van der Waals surface area contributed by atoms with Crippen LogP contribution in [0.2, 0.25) is 0 Å². The van der Waals surface area contributed by atoms with Gasteiger partial charge in [0, 0.05) is 39.7 Å². The molecule has 0 fully saturated rings. The second-order valence-electron chi connectivity index (χ2n) is 24.6. The number of benzene rings is 5. The van der Waals surface area contributed by atoms with Crippen molar-refractivity contribution in [3.05, 3.63) is 131 Å². The van der Waals surface area contributed by atoms with E-state index in [2.05, 4.69) is 224 Å². The zero-order valence-electron chi connectivity index (χ0n) is 41.6. The largest absolute Gasteiger partial charge is 0.311 e. The fourth-order valence-corrected chi connectivity index (χ4v) is 9.21. The van der Waals surface area contributed by atoms with Crippen LogP contribution < -0.4 is 26.2 Å². The highest BCUT2D eigenvalue weighted by Crippen LogP contribution is 2.49. The van der Waals surface area contributed by atoms with Crippen LogP contribution >= 0.6 is 0 Å². The minimum absolute atomic E-state index is 0.0243. The van der Waals surface area contributed by atoms with Gasteiger partial charge in [0.05, 0.1) is 0 Å². The monoisotopic (exact) mass is 836 g/mol. The Balaban J connectivity index is 1.58. The summed E-state index contributed by atoms with van der Waals surface area (Å²) in [6, 6.07) is 33.9. The van der Waals surface area contributed by atoms with Gasteiger partial charge in [0.25, 0.3) is 6.71 Å². The summed E-state index contributed by atoms with van der Waals surface area (Å²) in [6.45, 7) is 41.9. The summed E-state index contributed by atoms with van der Waals surface area (Å²) in [4.78, 5) is 19.0. The molecule has 6 heteroatoms. The maximum Gasteiger partial charge on any atom is 0.252 e. The molecule has 1 aromatic heterocycles. The number of hydrogen-bond acceptors (Lipinski definition) is 5. The van der Waals surface area contributed by atoms with Crippen molar-refractivity contribution in [3.8, 4) is 11.4 Å². The SMILES string of the molecule is CC(C)(C)c1cc(N2c3cc(C(C)(C)C)ccc3B3c4ccc(C(C)(C)C)cc4N(c4cc(C(C)(C)C)cc(C(C)(C)C)c4)c4cc(-c5ncncn5)cc2c43)cc(C(C)(C)C)c1. The molecule has 5 aromatic carbocycles. The molecular weight excluding hydrogens is 765 g/mol. The van der Waals surface area contributed by atoms with E-state index in [1.165, 1.54) is 72.5 Å². The second-order valence-corrected chi connectivity index (χ2v) is 24.6. The Hall–Kier alpha value is -5.23. The molecule has 63 heavy (non-hydrogen) atoms. The molecular formula is C57H70BN5. The zero-order valence-corrected chi connectivity index (χ0v) is 41.6. The zero-order chi connectivity index (χ0) is 46.0. The fraction of sp³-hybridized carbons (Fsp3) is 0.421. The molecule has 0 spiro atoms. The van der Waals surface area contributed by atoms with Gasteiger partial charge in [-0.15, -0.1) is 0 Å². The summed E-state index contributed by atoms with van der Waals surface area (Å²) < 4.78 is 0. The van der Waals surface area contributed by atoms with Crippen molar-refractivity contribution < 1.29 is 0 Å². The summed E-state index contributed by atoms with van der Waals surface area (Å²) in [6.07, 6.45) is 3.23. The topological polar surface area (TPSA) is 45.2 Å². The molecule has 5 nitrogen and oxygen atoms in total. The van der Waals surface area contributed by atoms with Crippen LogP contribution in [0.3, 0.4) is 0 Å². The summed E-state index contributed by atoms with van der Waals surface area (Å²) in [5, 5.41) is 0. The smallest absolute Gasteiger partial charge is 0.252 e. The Morgan fingerprint density at radius 3 is 1.02 bits per heavy atom. The van der Waals surface area contributed by atoms with Crippen molar-refractivity contribution in [1.82, 2.24) is 15.0 Å². The molecule has 0 radical (unpaired) electrons.